The van der Waals surface area contributed by atoms with Gasteiger partial charge in [-0.05, 0) is 31.0 Å². The van der Waals surface area contributed by atoms with Crippen LogP contribution in [0, 0.1) is 6.92 Å². The first-order valence-electron chi connectivity index (χ1n) is 8.16. The van der Waals surface area contributed by atoms with Gasteiger partial charge in [0.05, 0.1) is 13.0 Å². The average molecular weight is 325 g/mol. The molecule has 0 aromatic heterocycles. The van der Waals surface area contributed by atoms with Crippen LogP contribution in [0.15, 0.2) is 54.6 Å². The van der Waals surface area contributed by atoms with E-state index in [4.69, 9.17) is 4.74 Å². The van der Waals surface area contributed by atoms with E-state index in [0.717, 1.165) is 11.1 Å². The van der Waals surface area contributed by atoms with E-state index >= 15 is 0 Å². The molecule has 0 radical (unpaired) electrons. The predicted molar refractivity (Wildman–Crippen MR) is 93.6 cm³/mol. The van der Waals surface area contributed by atoms with Gasteiger partial charge in [0.2, 0.25) is 0 Å². The van der Waals surface area contributed by atoms with Crippen molar-refractivity contribution < 1.29 is 14.3 Å². The normalized spacial score (nSPS) is 10.2. The maximum absolute atomic E-state index is 12.9. The molecular weight excluding hydrogens is 302 g/mol. The van der Waals surface area contributed by atoms with Gasteiger partial charge in [-0.1, -0.05) is 48.5 Å². The summed E-state index contributed by atoms with van der Waals surface area (Å²) in [4.78, 5) is 26.3. The highest BCUT2D eigenvalue weighted by molar-refractivity contribution is 5.95. The number of carbonyl (C=O) groups excluding carboxylic acids is 2. The summed E-state index contributed by atoms with van der Waals surface area (Å²) in [6, 6.07) is 17.3. The van der Waals surface area contributed by atoms with Crippen molar-refractivity contribution in [2.24, 2.45) is 0 Å². The number of hydrogen-bond donors (Lipinski definition) is 0. The Hall–Kier alpha value is -2.62. The lowest BCUT2D eigenvalue weighted by Crippen LogP contribution is -2.33. The molecule has 4 heteroatoms. The SMILES string of the molecule is CCOC(=O)CCN(Cc1ccccc1)C(=O)c1ccccc1C. The van der Waals surface area contributed by atoms with E-state index in [2.05, 4.69) is 0 Å². The number of carbonyl (C=O) groups is 2. The van der Waals surface area contributed by atoms with Crippen LogP contribution in [0.1, 0.15) is 34.8 Å². The number of ether oxygens (including phenoxy) is 1. The van der Waals surface area contributed by atoms with Crippen molar-refractivity contribution in [1.29, 1.82) is 0 Å². The summed E-state index contributed by atoms with van der Waals surface area (Å²) in [6.07, 6.45) is 0.193. The molecule has 0 heterocycles. The van der Waals surface area contributed by atoms with Crippen LogP contribution in [0.25, 0.3) is 0 Å². The first-order valence-corrected chi connectivity index (χ1v) is 8.16. The molecule has 2 rings (SSSR count). The van der Waals surface area contributed by atoms with Gasteiger partial charge in [0.25, 0.3) is 5.91 Å². The van der Waals surface area contributed by atoms with Crippen LogP contribution < -0.4 is 0 Å². The average Bonchev–Trinajstić information content (AvgIpc) is 2.59. The second-order valence-electron chi connectivity index (χ2n) is 5.58. The van der Waals surface area contributed by atoms with E-state index in [1.807, 2.05) is 61.5 Å². The Bertz CT molecular complexity index is 682. The van der Waals surface area contributed by atoms with Crippen LogP contribution in [0.4, 0.5) is 0 Å². The Kier molecular flexibility index (Phi) is 6.55. The standard InChI is InChI=1S/C20H23NO3/c1-3-24-19(22)13-14-21(15-17-10-5-4-6-11-17)20(23)18-12-8-7-9-16(18)2/h4-12H,3,13-15H2,1-2H3. The van der Waals surface area contributed by atoms with Gasteiger partial charge in [0.1, 0.15) is 0 Å². The lowest BCUT2D eigenvalue weighted by atomic mass is 10.1. The number of nitrogens with zero attached hydrogens (tertiary/aromatic N) is 1. The number of amides is 1. The van der Waals surface area contributed by atoms with Crippen LogP contribution in [0.3, 0.4) is 0 Å². The molecule has 0 N–H and O–H groups in total. The Balaban J connectivity index is 2.16. The molecule has 0 aliphatic rings. The summed E-state index contributed by atoms with van der Waals surface area (Å²) < 4.78 is 4.97. The molecule has 0 bridgehead atoms. The third kappa shape index (κ3) is 4.95. The molecule has 0 aliphatic heterocycles. The van der Waals surface area contributed by atoms with Crippen molar-refractivity contribution in [2.75, 3.05) is 13.2 Å². The summed E-state index contributed by atoms with van der Waals surface area (Å²) in [7, 11) is 0. The van der Waals surface area contributed by atoms with Gasteiger partial charge < -0.3 is 9.64 Å². The van der Waals surface area contributed by atoms with Crippen molar-refractivity contribution in [3.63, 3.8) is 0 Å². The maximum atomic E-state index is 12.9. The fraction of sp³-hybridized carbons (Fsp3) is 0.300. The van der Waals surface area contributed by atoms with E-state index in [9.17, 15) is 9.59 Å². The zero-order valence-corrected chi connectivity index (χ0v) is 14.2. The van der Waals surface area contributed by atoms with E-state index in [1.54, 1.807) is 11.8 Å². The molecule has 2 aromatic rings. The van der Waals surface area contributed by atoms with E-state index in [1.165, 1.54) is 0 Å². The molecule has 0 saturated heterocycles. The van der Waals surface area contributed by atoms with Crippen LogP contribution >= 0.6 is 0 Å². The molecule has 0 fully saturated rings. The molecule has 126 valence electrons. The number of hydrogen-bond acceptors (Lipinski definition) is 3. The fourth-order valence-electron chi connectivity index (χ4n) is 2.50. The Morgan fingerprint density at radius 3 is 2.33 bits per heavy atom. The van der Waals surface area contributed by atoms with Gasteiger partial charge in [0.15, 0.2) is 0 Å². The lowest BCUT2D eigenvalue weighted by Gasteiger charge is -2.23. The van der Waals surface area contributed by atoms with Crippen molar-refractivity contribution in [3.8, 4) is 0 Å². The monoisotopic (exact) mass is 325 g/mol. The van der Waals surface area contributed by atoms with Crippen LogP contribution in [-0.4, -0.2) is 29.9 Å². The molecular formula is C20H23NO3. The largest absolute Gasteiger partial charge is 0.466 e. The highest BCUT2D eigenvalue weighted by Gasteiger charge is 2.19. The van der Waals surface area contributed by atoms with Gasteiger partial charge >= 0.3 is 5.97 Å². The van der Waals surface area contributed by atoms with Gasteiger partial charge in [0, 0.05) is 18.7 Å². The molecule has 0 atom stereocenters. The molecule has 24 heavy (non-hydrogen) atoms. The van der Waals surface area contributed by atoms with Gasteiger partial charge in [-0.2, -0.15) is 0 Å². The first kappa shape index (κ1) is 17.7. The molecule has 0 aliphatic carbocycles. The van der Waals surface area contributed by atoms with Crippen molar-refractivity contribution in [2.45, 2.75) is 26.8 Å². The summed E-state index contributed by atoms with van der Waals surface area (Å²) in [6.45, 7) is 4.84. The summed E-state index contributed by atoms with van der Waals surface area (Å²) in [5.74, 6) is -0.352. The van der Waals surface area contributed by atoms with E-state index in [0.29, 0.717) is 25.3 Å². The Morgan fingerprint density at radius 2 is 1.67 bits per heavy atom. The number of rotatable bonds is 7. The third-order valence-electron chi connectivity index (χ3n) is 3.77. The van der Waals surface area contributed by atoms with Crippen LogP contribution in [-0.2, 0) is 16.1 Å². The van der Waals surface area contributed by atoms with Crippen LogP contribution in [0.2, 0.25) is 0 Å². The predicted octanol–water partition coefficient (Wildman–Crippen LogP) is 3.59. The van der Waals surface area contributed by atoms with Crippen LogP contribution in [0.5, 0.6) is 0 Å². The first-order chi connectivity index (χ1) is 11.6. The Labute approximate surface area is 143 Å². The highest BCUT2D eigenvalue weighted by Crippen LogP contribution is 2.14. The third-order valence-corrected chi connectivity index (χ3v) is 3.77. The second-order valence-corrected chi connectivity index (χ2v) is 5.58. The van der Waals surface area contributed by atoms with Gasteiger partial charge in [-0.15, -0.1) is 0 Å². The topological polar surface area (TPSA) is 46.6 Å². The van der Waals surface area contributed by atoms with E-state index in [-0.39, 0.29) is 18.3 Å². The molecule has 1 amide bonds. The molecule has 4 nitrogen and oxygen atoms in total. The minimum absolute atomic E-state index is 0.0683. The zero-order valence-electron chi connectivity index (χ0n) is 14.2. The number of esters is 1. The number of aryl methyl sites for hydroxylation is 1. The highest BCUT2D eigenvalue weighted by atomic mass is 16.5. The molecule has 0 unspecified atom stereocenters. The fourth-order valence-corrected chi connectivity index (χ4v) is 2.50. The lowest BCUT2D eigenvalue weighted by molar-refractivity contribution is -0.143. The van der Waals surface area contributed by atoms with Crippen molar-refractivity contribution in [3.05, 3.63) is 71.3 Å². The van der Waals surface area contributed by atoms with Gasteiger partial charge in [-0.25, -0.2) is 0 Å². The van der Waals surface area contributed by atoms with Crippen molar-refractivity contribution in [1.82, 2.24) is 4.90 Å². The minimum atomic E-state index is -0.284. The molecule has 0 spiro atoms. The van der Waals surface area contributed by atoms with Crippen molar-refractivity contribution >= 4 is 11.9 Å². The van der Waals surface area contributed by atoms with E-state index < -0.39 is 0 Å². The second kappa shape index (κ2) is 8.87. The molecule has 0 saturated carbocycles. The summed E-state index contributed by atoms with van der Waals surface area (Å²) in [5.41, 5.74) is 2.62. The quantitative estimate of drug-likeness (QED) is 0.731. The minimum Gasteiger partial charge on any atom is -0.466 e. The van der Waals surface area contributed by atoms with Gasteiger partial charge in [-0.3, -0.25) is 9.59 Å². The Morgan fingerprint density at radius 1 is 1.00 bits per heavy atom. The zero-order chi connectivity index (χ0) is 17.4. The smallest absolute Gasteiger partial charge is 0.307 e. The summed E-state index contributed by atoms with van der Waals surface area (Å²) >= 11 is 0. The number of benzene rings is 2. The maximum Gasteiger partial charge on any atom is 0.307 e. The molecule has 2 aromatic carbocycles. The summed E-state index contributed by atoms with van der Waals surface area (Å²) in [5, 5.41) is 0.